The second kappa shape index (κ2) is 8.29. The lowest BCUT2D eigenvalue weighted by Crippen LogP contribution is -2.20. The number of ether oxygens (including phenoxy) is 1. The number of nitrogens with one attached hydrogen (secondary N) is 2. The quantitative estimate of drug-likeness (QED) is 0.551. The third kappa shape index (κ3) is 4.81. The van der Waals surface area contributed by atoms with Gasteiger partial charge in [-0.2, -0.15) is 0 Å². The third-order valence-electron chi connectivity index (χ3n) is 3.09. The van der Waals surface area contributed by atoms with Crippen LogP contribution in [0.15, 0.2) is 23.4 Å². The van der Waals surface area contributed by atoms with Gasteiger partial charge in [-0.25, -0.2) is 4.98 Å². The summed E-state index contributed by atoms with van der Waals surface area (Å²) >= 11 is 1.80. The zero-order valence-corrected chi connectivity index (χ0v) is 13.1. The lowest BCUT2D eigenvalue weighted by molar-refractivity contribution is 0.199. The Morgan fingerprint density at radius 3 is 3.05 bits per heavy atom. The van der Waals surface area contributed by atoms with E-state index >= 15 is 0 Å². The molecular formula is C15H23N3OS. The van der Waals surface area contributed by atoms with Gasteiger partial charge in [0, 0.05) is 19.4 Å². The van der Waals surface area contributed by atoms with Crippen molar-refractivity contribution in [1.29, 1.82) is 0 Å². The molecule has 2 N–H and O–H groups in total. The molecule has 0 saturated carbocycles. The fourth-order valence-corrected chi connectivity index (χ4v) is 2.88. The summed E-state index contributed by atoms with van der Waals surface area (Å²) in [5, 5.41) is 4.38. The predicted octanol–water partition coefficient (Wildman–Crippen LogP) is 2.98. The Morgan fingerprint density at radius 1 is 1.30 bits per heavy atom. The Kier molecular flexibility index (Phi) is 6.36. The number of hydrogen-bond donors (Lipinski definition) is 2. The van der Waals surface area contributed by atoms with Crippen molar-refractivity contribution >= 4 is 22.8 Å². The summed E-state index contributed by atoms with van der Waals surface area (Å²) in [6.07, 6.45) is 2.39. The van der Waals surface area contributed by atoms with Crippen LogP contribution in [0, 0.1) is 6.92 Å². The molecule has 0 aliphatic rings. The van der Waals surface area contributed by atoms with E-state index < -0.39 is 0 Å². The number of rotatable bonds is 9. The maximum Gasteiger partial charge on any atom is 0.166 e. The fraction of sp³-hybridized carbons (Fsp3) is 0.533. The first kappa shape index (κ1) is 15.4. The Labute approximate surface area is 124 Å². The lowest BCUT2D eigenvalue weighted by atomic mass is 10.2. The molecule has 0 bridgehead atoms. The molecule has 1 aromatic heterocycles. The highest BCUT2D eigenvalue weighted by Gasteiger charge is 2.03. The van der Waals surface area contributed by atoms with Gasteiger partial charge in [0.25, 0.3) is 0 Å². The minimum absolute atomic E-state index is 0.785. The fourth-order valence-electron chi connectivity index (χ4n) is 1.99. The van der Waals surface area contributed by atoms with Crippen LogP contribution in [0.4, 0.5) is 0 Å². The van der Waals surface area contributed by atoms with Crippen molar-refractivity contribution in [2.24, 2.45) is 0 Å². The van der Waals surface area contributed by atoms with E-state index in [0.717, 1.165) is 41.6 Å². The van der Waals surface area contributed by atoms with Crippen molar-refractivity contribution in [3.8, 4) is 0 Å². The van der Waals surface area contributed by atoms with E-state index in [1.807, 2.05) is 0 Å². The van der Waals surface area contributed by atoms with E-state index in [-0.39, 0.29) is 0 Å². The SMILES string of the molecule is COCCNCCCCSc1nc2ccc(C)cc2[nH]1. The van der Waals surface area contributed by atoms with Crippen LogP contribution in [0.2, 0.25) is 0 Å². The summed E-state index contributed by atoms with van der Waals surface area (Å²) in [4.78, 5) is 7.96. The van der Waals surface area contributed by atoms with Gasteiger partial charge < -0.3 is 15.0 Å². The van der Waals surface area contributed by atoms with Crippen molar-refractivity contribution in [2.75, 3.05) is 32.6 Å². The van der Waals surface area contributed by atoms with Crippen molar-refractivity contribution < 1.29 is 4.74 Å². The Hall–Kier alpha value is -1.04. The molecule has 0 aliphatic carbocycles. The topological polar surface area (TPSA) is 49.9 Å². The monoisotopic (exact) mass is 293 g/mol. The van der Waals surface area contributed by atoms with Gasteiger partial charge in [-0.3, -0.25) is 0 Å². The second-order valence-electron chi connectivity index (χ2n) is 4.86. The van der Waals surface area contributed by atoms with E-state index in [4.69, 9.17) is 4.74 Å². The van der Waals surface area contributed by atoms with Crippen LogP contribution in [0.3, 0.4) is 0 Å². The minimum Gasteiger partial charge on any atom is -0.383 e. The summed E-state index contributed by atoms with van der Waals surface area (Å²) in [6, 6.07) is 6.32. The number of nitrogens with zero attached hydrogens (tertiary/aromatic N) is 1. The van der Waals surface area contributed by atoms with E-state index in [0.29, 0.717) is 0 Å². The van der Waals surface area contributed by atoms with Crippen LogP contribution in [0.25, 0.3) is 11.0 Å². The number of H-pyrrole nitrogens is 1. The summed E-state index contributed by atoms with van der Waals surface area (Å²) in [6.45, 7) is 4.88. The van der Waals surface area contributed by atoms with Crippen molar-refractivity contribution in [3.63, 3.8) is 0 Å². The van der Waals surface area contributed by atoms with Gasteiger partial charge in [0.15, 0.2) is 5.16 Å². The number of unbranched alkanes of at least 4 members (excludes halogenated alkanes) is 1. The molecule has 5 heteroatoms. The number of hydrogen-bond acceptors (Lipinski definition) is 4. The van der Waals surface area contributed by atoms with Gasteiger partial charge in [-0.15, -0.1) is 0 Å². The van der Waals surface area contributed by atoms with Crippen molar-refractivity contribution in [2.45, 2.75) is 24.9 Å². The van der Waals surface area contributed by atoms with Crippen LogP contribution in [-0.4, -0.2) is 42.5 Å². The molecule has 2 rings (SSSR count). The number of benzene rings is 1. The number of aromatic nitrogens is 2. The standard InChI is InChI=1S/C15H23N3OS/c1-12-5-6-13-14(11-12)18-15(17-13)20-10-4-3-7-16-8-9-19-2/h5-6,11,16H,3-4,7-10H2,1-2H3,(H,17,18). The molecular weight excluding hydrogens is 270 g/mol. The van der Waals surface area contributed by atoms with Crippen LogP contribution < -0.4 is 5.32 Å². The Balaban J connectivity index is 1.65. The van der Waals surface area contributed by atoms with Gasteiger partial charge in [0.1, 0.15) is 0 Å². The molecule has 0 unspecified atom stereocenters. The molecule has 2 aromatic rings. The summed E-state index contributed by atoms with van der Waals surface area (Å²) in [5.41, 5.74) is 3.45. The third-order valence-corrected chi connectivity index (χ3v) is 4.04. The zero-order valence-electron chi connectivity index (χ0n) is 12.2. The lowest BCUT2D eigenvalue weighted by Gasteiger charge is -2.03. The molecule has 0 radical (unpaired) electrons. The number of methoxy groups -OCH3 is 1. The van der Waals surface area contributed by atoms with E-state index in [1.165, 1.54) is 18.4 Å². The highest BCUT2D eigenvalue weighted by Crippen LogP contribution is 2.21. The molecule has 0 saturated heterocycles. The molecule has 0 amide bonds. The van der Waals surface area contributed by atoms with Gasteiger partial charge in [-0.05, 0) is 44.0 Å². The number of aromatic amines is 1. The maximum absolute atomic E-state index is 4.99. The van der Waals surface area contributed by atoms with Crippen LogP contribution in [0.5, 0.6) is 0 Å². The van der Waals surface area contributed by atoms with Gasteiger partial charge in [0.2, 0.25) is 0 Å². The second-order valence-corrected chi connectivity index (χ2v) is 5.94. The van der Waals surface area contributed by atoms with Gasteiger partial charge in [-0.1, -0.05) is 17.8 Å². The van der Waals surface area contributed by atoms with Crippen LogP contribution in [-0.2, 0) is 4.74 Å². The predicted molar refractivity (Wildman–Crippen MR) is 85.5 cm³/mol. The number of fused-ring (bicyclic) bond motifs is 1. The molecule has 4 nitrogen and oxygen atoms in total. The van der Waals surface area contributed by atoms with E-state index in [9.17, 15) is 0 Å². The molecule has 0 atom stereocenters. The van der Waals surface area contributed by atoms with Crippen LogP contribution >= 0.6 is 11.8 Å². The average molecular weight is 293 g/mol. The smallest absolute Gasteiger partial charge is 0.166 e. The zero-order chi connectivity index (χ0) is 14.2. The van der Waals surface area contributed by atoms with Crippen molar-refractivity contribution in [1.82, 2.24) is 15.3 Å². The molecule has 20 heavy (non-hydrogen) atoms. The summed E-state index contributed by atoms with van der Waals surface area (Å²) < 4.78 is 4.99. The molecule has 1 heterocycles. The van der Waals surface area contributed by atoms with E-state index in [2.05, 4.69) is 40.4 Å². The Bertz CT molecular complexity index is 527. The number of imidazole rings is 1. The Morgan fingerprint density at radius 2 is 2.20 bits per heavy atom. The normalized spacial score (nSPS) is 11.3. The first-order chi connectivity index (χ1) is 9.79. The molecule has 0 spiro atoms. The molecule has 0 fully saturated rings. The summed E-state index contributed by atoms with van der Waals surface area (Å²) in [7, 11) is 1.73. The van der Waals surface area contributed by atoms with Gasteiger partial charge in [0.05, 0.1) is 17.6 Å². The molecule has 0 aliphatic heterocycles. The minimum atomic E-state index is 0.785. The van der Waals surface area contributed by atoms with E-state index in [1.54, 1.807) is 18.9 Å². The average Bonchev–Trinajstić information content (AvgIpc) is 2.83. The highest BCUT2D eigenvalue weighted by atomic mass is 32.2. The van der Waals surface area contributed by atoms with Crippen molar-refractivity contribution in [3.05, 3.63) is 23.8 Å². The molecule has 1 aromatic carbocycles. The highest BCUT2D eigenvalue weighted by molar-refractivity contribution is 7.99. The first-order valence-corrected chi connectivity index (χ1v) is 8.07. The summed E-state index contributed by atoms with van der Waals surface area (Å²) in [5.74, 6) is 1.10. The molecule has 110 valence electrons. The largest absolute Gasteiger partial charge is 0.383 e. The first-order valence-electron chi connectivity index (χ1n) is 7.08. The number of aryl methyl sites for hydroxylation is 1. The number of thioether (sulfide) groups is 1. The van der Waals surface area contributed by atoms with Crippen LogP contribution in [0.1, 0.15) is 18.4 Å². The van der Waals surface area contributed by atoms with Gasteiger partial charge >= 0.3 is 0 Å². The maximum atomic E-state index is 4.99.